The maximum Gasteiger partial charge on any atom is 0.338 e. The van der Waals surface area contributed by atoms with Crippen molar-refractivity contribution in [3.8, 4) is 0 Å². The lowest BCUT2D eigenvalue weighted by atomic mass is 10.2. The molecule has 0 fully saturated rings. The van der Waals surface area contributed by atoms with Crippen LogP contribution in [0, 0.1) is 0 Å². The predicted octanol–water partition coefficient (Wildman–Crippen LogP) is 3.20. The average Bonchev–Trinajstić information content (AvgIpc) is 3.13. The molecule has 0 unspecified atom stereocenters. The van der Waals surface area contributed by atoms with Crippen molar-refractivity contribution in [2.24, 2.45) is 0 Å². The second kappa shape index (κ2) is 6.20. The maximum absolute atomic E-state index is 11.7. The van der Waals surface area contributed by atoms with Crippen molar-refractivity contribution in [1.29, 1.82) is 0 Å². The van der Waals surface area contributed by atoms with E-state index in [1.807, 2.05) is 24.3 Å². The molecule has 0 saturated heterocycles. The molecule has 0 spiro atoms. The summed E-state index contributed by atoms with van der Waals surface area (Å²) in [5.41, 5.74) is 2.86. The van der Waals surface area contributed by atoms with Gasteiger partial charge < -0.3 is 10.1 Å². The van der Waals surface area contributed by atoms with Gasteiger partial charge in [-0.05, 0) is 43.3 Å². The Hall–Kier alpha value is -3.48. The van der Waals surface area contributed by atoms with Crippen molar-refractivity contribution in [1.82, 2.24) is 19.6 Å². The Morgan fingerprint density at radius 2 is 1.96 bits per heavy atom. The summed E-state index contributed by atoms with van der Waals surface area (Å²) < 4.78 is 6.78. The highest BCUT2D eigenvalue weighted by Gasteiger charge is 2.10. The van der Waals surface area contributed by atoms with Crippen LogP contribution in [0.25, 0.3) is 16.6 Å². The van der Waals surface area contributed by atoms with Crippen LogP contribution in [-0.2, 0) is 4.74 Å². The average molecular weight is 333 g/mol. The lowest BCUT2D eigenvalue weighted by molar-refractivity contribution is 0.0526. The van der Waals surface area contributed by atoms with E-state index in [0.717, 1.165) is 22.2 Å². The van der Waals surface area contributed by atoms with Crippen LogP contribution < -0.4 is 5.32 Å². The van der Waals surface area contributed by atoms with E-state index < -0.39 is 0 Å². The first-order chi connectivity index (χ1) is 12.3. The molecule has 2 aromatic carbocycles. The van der Waals surface area contributed by atoms with Gasteiger partial charge in [0.2, 0.25) is 5.95 Å². The lowest BCUT2D eigenvalue weighted by Crippen LogP contribution is -2.05. The molecule has 4 rings (SSSR count). The van der Waals surface area contributed by atoms with Gasteiger partial charge in [0, 0.05) is 11.1 Å². The van der Waals surface area contributed by atoms with Crippen LogP contribution in [0.3, 0.4) is 0 Å². The van der Waals surface area contributed by atoms with Crippen molar-refractivity contribution in [3.05, 3.63) is 60.4 Å². The monoisotopic (exact) mass is 333 g/mol. The van der Waals surface area contributed by atoms with Gasteiger partial charge in [-0.2, -0.15) is 0 Å². The standard InChI is InChI=1S/C18H15N5O2/c1-2-25-17(24)12-7-9-13(10-8-12)20-18-21-15-6-4-3-5-14(15)16-22-19-11-23(16)18/h3-11H,2H2,1H3,(H,20,21). The van der Waals surface area contributed by atoms with Crippen LogP contribution >= 0.6 is 0 Å². The molecule has 0 amide bonds. The Labute approximate surface area is 143 Å². The third-order valence-electron chi connectivity index (χ3n) is 3.80. The number of fused-ring (bicyclic) bond motifs is 3. The summed E-state index contributed by atoms with van der Waals surface area (Å²) in [6.07, 6.45) is 1.62. The molecule has 4 aromatic rings. The molecule has 0 bridgehead atoms. The topological polar surface area (TPSA) is 81.4 Å². The van der Waals surface area contributed by atoms with Gasteiger partial charge in [-0.15, -0.1) is 10.2 Å². The molecule has 124 valence electrons. The summed E-state index contributed by atoms with van der Waals surface area (Å²) in [6.45, 7) is 2.13. The number of carbonyl (C=O) groups is 1. The number of hydrogen-bond acceptors (Lipinski definition) is 6. The Balaban J connectivity index is 1.70. The molecule has 0 aliphatic heterocycles. The maximum atomic E-state index is 11.7. The summed E-state index contributed by atoms with van der Waals surface area (Å²) in [6, 6.07) is 14.8. The Morgan fingerprint density at radius 3 is 2.76 bits per heavy atom. The Morgan fingerprint density at radius 1 is 1.16 bits per heavy atom. The van der Waals surface area contributed by atoms with E-state index >= 15 is 0 Å². The Bertz CT molecular complexity index is 1060. The smallest absolute Gasteiger partial charge is 0.338 e. The molecule has 7 nitrogen and oxygen atoms in total. The van der Waals surface area contributed by atoms with E-state index in [-0.39, 0.29) is 5.97 Å². The zero-order chi connectivity index (χ0) is 17.2. The first kappa shape index (κ1) is 15.1. The SMILES string of the molecule is CCOC(=O)c1ccc(Nc2nc3ccccc3c3nncn23)cc1. The van der Waals surface area contributed by atoms with Crippen LogP contribution in [0.15, 0.2) is 54.9 Å². The summed E-state index contributed by atoms with van der Waals surface area (Å²) in [4.78, 5) is 16.4. The lowest BCUT2D eigenvalue weighted by Gasteiger charge is -2.10. The number of rotatable bonds is 4. The highest BCUT2D eigenvalue weighted by molar-refractivity contribution is 5.92. The third kappa shape index (κ3) is 2.76. The van der Waals surface area contributed by atoms with E-state index in [4.69, 9.17) is 4.74 Å². The summed E-state index contributed by atoms with van der Waals surface area (Å²) >= 11 is 0. The molecule has 0 aliphatic rings. The molecule has 0 saturated carbocycles. The number of nitrogens with one attached hydrogen (secondary N) is 1. The minimum absolute atomic E-state index is 0.334. The summed E-state index contributed by atoms with van der Waals surface area (Å²) in [5, 5.41) is 12.3. The number of anilines is 2. The third-order valence-corrected chi connectivity index (χ3v) is 3.80. The normalized spacial score (nSPS) is 10.9. The quantitative estimate of drug-likeness (QED) is 0.578. The molecule has 2 heterocycles. The van der Waals surface area contributed by atoms with Gasteiger partial charge in [0.15, 0.2) is 5.65 Å². The van der Waals surface area contributed by atoms with Gasteiger partial charge in [-0.1, -0.05) is 12.1 Å². The highest BCUT2D eigenvalue weighted by Crippen LogP contribution is 2.22. The van der Waals surface area contributed by atoms with Crippen molar-refractivity contribution in [3.63, 3.8) is 0 Å². The predicted molar refractivity (Wildman–Crippen MR) is 94.0 cm³/mol. The fourth-order valence-corrected chi connectivity index (χ4v) is 2.62. The molecule has 2 aromatic heterocycles. The Kier molecular flexibility index (Phi) is 3.74. The van der Waals surface area contributed by atoms with E-state index in [1.54, 1.807) is 41.9 Å². The van der Waals surface area contributed by atoms with E-state index in [1.165, 1.54) is 0 Å². The van der Waals surface area contributed by atoms with E-state index in [2.05, 4.69) is 20.5 Å². The van der Waals surface area contributed by atoms with Gasteiger partial charge in [0.25, 0.3) is 0 Å². The minimum atomic E-state index is -0.334. The molecular formula is C18H15N5O2. The van der Waals surface area contributed by atoms with Gasteiger partial charge in [-0.3, -0.25) is 4.40 Å². The largest absolute Gasteiger partial charge is 0.462 e. The van der Waals surface area contributed by atoms with Crippen molar-refractivity contribution < 1.29 is 9.53 Å². The number of aromatic nitrogens is 4. The van der Waals surface area contributed by atoms with Gasteiger partial charge in [0.1, 0.15) is 6.33 Å². The van der Waals surface area contributed by atoms with Crippen molar-refractivity contribution in [2.45, 2.75) is 6.92 Å². The number of carbonyl (C=O) groups excluding carboxylic acids is 1. The number of hydrogen-bond donors (Lipinski definition) is 1. The zero-order valence-corrected chi connectivity index (χ0v) is 13.5. The molecule has 0 radical (unpaired) electrons. The summed E-state index contributed by atoms with van der Waals surface area (Å²) in [5.74, 6) is 0.265. The van der Waals surface area contributed by atoms with Gasteiger partial charge in [0.05, 0.1) is 17.7 Å². The minimum Gasteiger partial charge on any atom is -0.462 e. The molecular weight excluding hydrogens is 318 g/mol. The van der Waals surface area contributed by atoms with Gasteiger partial charge in [-0.25, -0.2) is 9.78 Å². The van der Waals surface area contributed by atoms with Crippen LogP contribution in [0.1, 0.15) is 17.3 Å². The highest BCUT2D eigenvalue weighted by atomic mass is 16.5. The molecule has 7 heteroatoms. The zero-order valence-electron chi connectivity index (χ0n) is 13.5. The number of para-hydroxylation sites is 1. The van der Waals surface area contributed by atoms with Crippen molar-refractivity contribution in [2.75, 3.05) is 11.9 Å². The molecule has 0 atom stereocenters. The van der Waals surface area contributed by atoms with Crippen LogP contribution in [-0.4, -0.2) is 32.2 Å². The number of ether oxygens (including phenoxy) is 1. The molecule has 0 aliphatic carbocycles. The fourth-order valence-electron chi connectivity index (χ4n) is 2.62. The van der Waals surface area contributed by atoms with Crippen LogP contribution in [0.2, 0.25) is 0 Å². The van der Waals surface area contributed by atoms with E-state index in [9.17, 15) is 4.79 Å². The van der Waals surface area contributed by atoms with Crippen molar-refractivity contribution >= 4 is 34.2 Å². The second-order valence-electron chi connectivity index (χ2n) is 5.40. The van der Waals surface area contributed by atoms with Crippen LogP contribution in [0.4, 0.5) is 11.6 Å². The molecule has 1 N–H and O–H groups in total. The number of nitrogens with zero attached hydrogens (tertiary/aromatic N) is 4. The van der Waals surface area contributed by atoms with E-state index in [0.29, 0.717) is 18.1 Å². The fraction of sp³-hybridized carbons (Fsp3) is 0.111. The number of benzene rings is 2. The number of esters is 1. The second-order valence-corrected chi connectivity index (χ2v) is 5.40. The van der Waals surface area contributed by atoms with Gasteiger partial charge >= 0.3 is 5.97 Å². The first-order valence-corrected chi connectivity index (χ1v) is 7.89. The summed E-state index contributed by atoms with van der Waals surface area (Å²) in [7, 11) is 0. The van der Waals surface area contributed by atoms with Crippen LogP contribution in [0.5, 0.6) is 0 Å². The molecule has 25 heavy (non-hydrogen) atoms. The first-order valence-electron chi connectivity index (χ1n) is 7.89.